The molecule has 0 unspecified atom stereocenters. The molecule has 4 heteroatoms. The molecule has 0 atom stereocenters. The summed E-state index contributed by atoms with van der Waals surface area (Å²) in [6.07, 6.45) is 4.42. The summed E-state index contributed by atoms with van der Waals surface area (Å²) < 4.78 is 7.26. The van der Waals surface area contributed by atoms with Crippen LogP contribution in [0.25, 0.3) is 99.2 Å². The number of aromatic nitrogens is 3. The average molecular weight is 935 g/mol. The van der Waals surface area contributed by atoms with Gasteiger partial charge in [0.25, 0.3) is 0 Å². The van der Waals surface area contributed by atoms with Crippen molar-refractivity contribution in [1.82, 2.24) is 13.7 Å². The molecule has 15 rings (SSSR count). The van der Waals surface area contributed by atoms with E-state index >= 15 is 0 Å². The van der Waals surface area contributed by atoms with Gasteiger partial charge in [-0.2, -0.15) is 0 Å². The number of hydrogen-bond acceptors (Lipinski definition) is 1. The lowest BCUT2D eigenvalue weighted by molar-refractivity contribution is 0.648. The van der Waals surface area contributed by atoms with Crippen molar-refractivity contribution in [1.29, 1.82) is 0 Å². The highest BCUT2D eigenvalue weighted by Crippen LogP contribution is 2.53. The van der Waals surface area contributed by atoms with Crippen LogP contribution in [0, 0.1) is 0 Å². The highest BCUT2D eigenvalue weighted by Gasteiger charge is 2.39. The maximum Gasteiger partial charge on any atom is 0.0547 e. The molecule has 13 aromatic rings. The molecular weight excluding hydrogens is 885 g/mol. The van der Waals surface area contributed by atoms with E-state index in [0.29, 0.717) is 0 Å². The van der Waals surface area contributed by atoms with Crippen molar-refractivity contribution in [3.63, 3.8) is 0 Å². The van der Waals surface area contributed by atoms with Crippen LogP contribution in [0.2, 0.25) is 0 Å². The Hall–Kier alpha value is -9.12. The van der Waals surface area contributed by atoms with Gasteiger partial charge in [0.05, 0.1) is 33.1 Å². The van der Waals surface area contributed by atoms with Crippen LogP contribution in [0.1, 0.15) is 37.8 Å². The molecule has 346 valence electrons. The standard InChI is InChI=1S/C69H50N4/c1-69(2)61-43-51(37-40-53(61)54-41-38-52(44-62(54)69)73-66-26-14-8-20-57(66)58-21-9-15-27-67(58)73)70(49-33-35-50(36-34-49)71-63-23-11-6-18-55(63)56-19-7-12-24-64(56)71)48-31-28-45(29-32-48)46-30-39-60-59-22-10-13-25-65(59)72(68(60)42-46)47-16-4-3-5-17-47/h3-36,38-39,41-44H,37,40H2,1-2H3. The summed E-state index contributed by atoms with van der Waals surface area (Å²) in [7, 11) is 0. The van der Waals surface area contributed by atoms with Crippen molar-refractivity contribution in [2.75, 3.05) is 4.90 Å². The molecular formula is C69H50N4. The minimum atomic E-state index is -0.206. The Kier molecular flexibility index (Phi) is 9.10. The molecule has 0 N–H and O–H groups in total. The molecule has 2 aliphatic carbocycles. The first kappa shape index (κ1) is 41.6. The Balaban J connectivity index is 0.843. The number of hydrogen-bond donors (Lipinski definition) is 0. The van der Waals surface area contributed by atoms with E-state index in [-0.39, 0.29) is 5.41 Å². The number of fused-ring (bicyclic) bond motifs is 11. The Morgan fingerprint density at radius 2 is 0.781 bits per heavy atom. The maximum absolute atomic E-state index is 2.53. The van der Waals surface area contributed by atoms with Gasteiger partial charge in [-0.15, -0.1) is 0 Å². The summed E-state index contributed by atoms with van der Waals surface area (Å²) in [5.74, 6) is 0. The van der Waals surface area contributed by atoms with Crippen molar-refractivity contribution < 1.29 is 0 Å². The van der Waals surface area contributed by atoms with Crippen LogP contribution in [0.3, 0.4) is 0 Å². The molecule has 73 heavy (non-hydrogen) atoms. The van der Waals surface area contributed by atoms with Crippen LogP contribution in [0.15, 0.2) is 254 Å². The van der Waals surface area contributed by atoms with Gasteiger partial charge in [-0.05, 0) is 149 Å². The fraction of sp³-hybridized carbons (Fsp3) is 0.0725. The van der Waals surface area contributed by atoms with Crippen LogP contribution in [-0.2, 0) is 5.41 Å². The van der Waals surface area contributed by atoms with E-state index in [2.05, 4.69) is 275 Å². The van der Waals surface area contributed by atoms with Crippen molar-refractivity contribution in [2.45, 2.75) is 32.1 Å². The topological polar surface area (TPSA) is 18.0 Å². The fourth-order valence-electron chi connectivity index (χ4n) is 12.8. The largest absolute Gasteiger partial charge is 0.314 e. The van der Waals surface area contributed by atoms with Gasteiger partial charge in [0, 0.05) is 71.9 Å². The summed E-state index contributed by atoms with van der Waals surface area (Å²) in [4.78, 5) is 2.52. The first-order valence-corrected chi connectivity index (χ1v) is 25.6. The quantitative estimate of drug-likeness (QED) is 0.156. The van der Waals surface area contributed by atoms with Crippen LogP contribution in [-0.4, -0.2) is 13.7 Å². The van der Waals surface area contributed by atoms with E-state index in [1.165, 1.54) is 110 Å². The third-order valence-electron chi connectivity index (χ3n) is 16.2. The van der Waals surface area contributed by atoms with Crippen LogP contribution in [0.4, 0.5) is 11.4 Å². The molecule has 0 spiro atoms. The van der Waals surface area contributed by atoms with E-state index < -0.39 is 0 Å². The van der Waals surface area contributed by atoms with E-state index in [1.807, 2.05) is 0 Å². The third kappa shape index (κ3) is 6.26. The zero-order chi connectivity index (χ0) is 48.4. The lowest BCUT2D eigenvalue weighted by Crippen LogP contribution is -2.22. The molecule has 2 aliphatic rings. The van der Waals surface area contributed by atoms with Gasteiger partial charge < -0.3 is 18.6 Å². The van der Waals surface area contributed by atoms with E-state index in [4.69, 9.17) is 0 Å². The molecule has 0 aliphatic heterocycles. The summed E-state index contributed by atoms with van der Waals surface area (Å²) in [6.45, 7) is 4.86. The summed E-state index contributed by atoms with van der Waals surface area (Å²) in [5, 5.41) is 7.62. The Labute approximate surface area is 424 Å². The monoisotopic (exact) mass is 934 g/mol. The smallest absolute Gasteiger partial charge is 0.0547 e. The number of para-hydroxylation sites is 6. The lowest BCUT2D eigenvalue weighted by atomic mass is 9.79. The van der Waals surface area contributed by atoms with Crippen LogP contribution in [0.5, 0.6) is 0 Å². The van der Waals surface area contributed by atoms with Gasteiger partial charge in [-0.3, -0.25) is 0 Å². The minimum absolute atomic E-state index is 0.206. The molecule has 0 amide bonds. The SMILES string of the molecule is CC1(C)C2=C(CCC(N(c3ccc(-c4ccc5c6ccccc6n(-c6ccccc6)c5c4)cc3)c3ccc(-n4c5ccccc5c5ccccc54)cc3)=C2)c2ccc(-n3c4ccccc4c4ccccc43)cc21. The van der Waals surface area contributed by atoms with Crippen molar-refractivity contribution in [3.05, 3.63) is 265 Å². The Bertz CT molecular complexity index is 4330. The molecule has 0 fully saturated rings. The second-order valence-corrected chi connectivity index (χ2v) is 20.4. The molecule has 3 aromatic heterocycles. The van der Waals surface area contributed by atoms with Gasteiger partial charge in [-0.25, -0.2) is 0 Å². The van der Waals surface area contributed by atoms with Gasteiger partial charge in [0.2, 0.25) is 0 Å². The number of nitrogens with zero attached hydrogens (tertiary/aromatic N) is 4. The number of benzene rings is 10. The average Bonchev–Trinajstić information content (AvgIpc) is 4.15. The lowest BCUT2D eigenvalue weighted by Gasteiger charge is -2.33. The van der Waals surface area contributed by atoms with Gasteiger partial charge >= 0.3 is 0 Å². The zero-order valence-electron chi connectivity index (χ0n) is 40.8. The number of rotatable bonds is 7. The normalized spacial score (nSPS) is 14.2. The number of allylic oxidation sites excluding steroid dienone is 4. The second kappa shape index (κ2) is 15.9. The molecule has 0 bridgehead atoms. The zero-order valence-corrected chi connectivity index (χ0v) is 40.8. The predicted molar refractivity (Wildman–Crippen MR) is 307 cm³/mol. The van der Waals surface area contributed by atoms with Gasteiger partial charge in [0.1, 0.15) is 0 Å². The number of anilines is 2. The van der Waals surface area contributed by atoms with Gasteiger partial charge in [-0.1, -0.05) is 153 Å². The highest BCUT2D eigenvalue weighted by atomic mass is 15.2. The molecule has 4 nitrogen and oxygen atoms in total. The summed E-state index contributed by atoms with van der Waals surface area (Å²) >= 11 is 0. The minimum Gasteiger partial charge on any atom is -0.314 e. The van der Waals surface area contributed by atoms with E-state index in [9.17, 15) is 0 Å². The molecule has 0 saturated carbocycles. The molecule has 10 aromatic carbocycles. The highest BCUT2D eigenvalue weighted by molar-refractivity contribution is 6.12. The second-order valence-electron chi connectivity index (χ2n) is 20.4. The molecule has 0 radical (unpaired) electrons. The summed E-state index contributed by atoms with van der Waals surface area (Å²) in [5.41, 5.74) is 22.3. The molecule has 3 heterocycles. The third-order valence-corrected chi connectivity index (χ3v) is 16.2. The van der Waals surface area contributed by atoms with Crippen LogP contribution >= 0.6 is 0 Å². The van der Waals surface area contributed by atoms with Crippen molar-refractivity contribution >= 4 is 82.4 Å². The Morgan fingerprint density at radius 3 is 1.33 bits per heavy atom. The Morgan fingerprint density at radius 1 is 0.356 bits per heavy atom. The molecule has 0 saturated heterocycles. The van der Waals surface area contributed by atoms with Gasteiger partial charge in [0.15, 0.2) is 0 Å². The predicted octanol–water partition coefficient (Wildman–Crippen LogP) is 18.2. The first-order chi connectivity index (χ1) is 36.0. The maximum atomic E-state index is 2.53. The first-order valence-electron chi connectivity index (χ1n) is 25.6. The summed E-state index contributed by atoms with van der Waals surface area (Å²) in [6, 6.07) is 87.3. The van der Waals surface area contributed by atoms with E-state index in [1.54, 1.807) is 0 Å². The fourth-order valence-corrected chi connectivity index (χ4v) is 12.8. The van der Waals surface area contributed by atoms with Crippen molar-refractivity contribution in [3.8, 4) is 28.2 Å². The van der Waals surface area contributed by atoms with Crippen molar-refractivity contribution in [2.24, 2.45) is 0 Å². The van der Waals surface area contributed by atoms with E-state index in [0.717, 1.165) is 35.6 Å². The van der Waals surface area contributed by atoms with Crippen LogP contribution < -0.4 is 4.90 Å².